The van der Waals surface area contributed by atoms with Gasteiger partial charge in [-0.05, 0) is 24.3 Å². The van der Waals surface area contributed by atoms with Crippen LogP contribution < -0.4 is 10.1 Å². The summed E-state index contributed by atoms with van der Waals surface area (Å²) in [5.74, 6) is 2.47. The fourth-order valence-electron chi connectivity index (χ4n) is 1.83. The van der Waals surface area contributed by atoms with Crippen LogP contribution in [-0.4, -0.2) is 26.0 Å². The van der Waals surface area contributed by atoms with Crippen LogP contribution >= 0.6 is 0 Å². The second kappa shape index (κ2) is 3.56. The number of rotatable bonds is 2. The van der Waals surface area contributed by atoms with Gasteiger partial charge in [0.2, 0.25) is 0 Å². The molecule has 4 heteroatoms. The van der Waals surface area contributed by atoms with Crippen molar-refractivity contribution in [1.82, 2.24) is 5.32 Å². The highest BCUT2D eigenvalue weighted by Gasteiger charge is 2.13. The van der Waals surface area contributed by atoms with Crippen LogP contribution in [0.3, 0.4) is 0 Å². The predicted molar refractivity (Wildman–Crippen MR) is 62.2 cm³/mol. The number of fused-ring (bicyclic) bond motifs is 1. The van der Waals surface area contributed by atoms with E-state index in [0.717, 1.165) is 41.4 Å². The molecule has 3 rings (SSSR count). The van der Waals surface area contributed by atoms with Crippen LogP contribution in [0.25, 0.3) is 11.0 Å². The van der Waals surface area contributed by atoms with E-state index >= 15 is 0 Å². The smallest absolute Gasteiger partial charge is 0.170 e. The van der Waals surface area contributed by atoms with Crippen molar-refractivity contribution in [2.75, 3.05) is 20.2 Å². The van der Waals surface area contributed by atoms with Gasteiger partial charge in [0.05, 0.1) is 13.7 Å². The summed E-state index contributed by atoms with van der Waals surface area (Å²) in [6.45, 7) is 1.70. The number of benzene rings is 1. The highest BCUT2D eigenvalue weighted by Crippen LogP contribution is 2.24. The molecule has 16 heavy (non-hydrogen) atoms. The quantitative estimate of drug-likeness (QED) is 0.832. The minimum Gasteiger partial charge on any atom is -0.497 e. The molecule has 82 valence electrons. The number of hydrogen-bond donors (Lipinski definition) is 1. The third kappa shape index (κ3) is 1.43. The maximum absolute atomic E-state index is 5.70. The fraction of sp³-hybridized carbons (Fsp3) is 0.250. The molecule has 0 fully saturated rings. The summed E-state index contributed by atoms with van der Waals surface area (Å²) < 4.78 is 10.9. The maximum Gasteiger partial charge on any atom is 0.170 e. The molecule has 1 aromatic carbocycles. The number of nitrogens with zero attached hydrogens (tertiary/aromatic N) is 1. The highest BCUT2D eigenvalue weighted by atomic mass is 16.5. The molecule has 0 saturated carbocycles. The first kappa shape index (κ1) is 9.27. The van der Waals surface area contributed by atoms with E-state index in [2.05, 4.69) is 10.3 Å². The zero-order valence-electron chi connectivity index (χ0n) is 8.99. The Kier molecular flexibility index (Phi) is 2.06. The van der Waals surface area contributed by atoms with E-state index in [1.54, 1.807) is 7.11 Å². The van der Waals surface area contributed by atoms with E-state index in [1.165, 1.54) is 0 Å². The van der Waals surface area contributed by atoms with E-state index in [9.17, 15) is 0 Å². The third-order valence-corrected chi connectivity index (χ3v) is 2.63. The van der Waals surface area contributed by atoms with Gasteiger partial charge in [0.15, 0.2) is 11.6 Å². The number of methoxy groups -OCH3 is 1. The summed E-state index contributed by atoms with van der Waals surface area (Å²) in [5.41, 5.74) is 0.854. The van der Waals surface area contributed by atoms with Crippen LogP contribution in [0.2, 0.25) is 0 Å². The molecule has 4 nitrogen and oxygen atoms in total. The van der Waals surface area contributed by atoms with Crippen LogP contribution in [0.4, 0.5) is 0 Å². The zero-order valence-corrected chi connectivity index (χ0v) is 8.99. The lowest BCUT2D eigenvalue weighted by Crippen LogP contribution is -2.18. The van der Waals surface area contributed by atoms with Crippen molar-refractivity contribution in [3.8, 4) is 5.75 Å². The lowest BCUT2D eigenvalue weighted by atomic mass is 10.2. The number of ether oxygens (including phenoxy) is 1. The van der Waals surface area contributed by atoms with Gasteiger partial charge in [-0.1, -0.05) is 0 Å². The number of furan rings is 1. The molecule has 2 heterocycles. The second-order valence-electron chi connectivity index (χ2n) is 3.67. The Morgan fingerprint density at radius 1 is 1.38 bits per heavy atom. The van der Waals surface area contributed by atoms with Crippen LogP contribution in [0, 0.1) is 0 Å². The van der Waals surface area contributed by atoms with Crippen molar-refractivity contribution in [1.29, 1.82) is 0 Å². The number of aliphatic imine (C=N–C) groups is 1. The summed E-state index contributed by atoms with van der Waals surface area (Å²) in [4.78, 5) is 4.32. The first-order valence-electron chi connectivity index (χ1n) is 5.23. The topological polar surface area (TPSA) is 46.8 Å². The van der Waals surface area contributed by atoms with Gasteiger partial charge in [-0.2, -0.15) is 0 Å². The lowest BCUT2D eigenvalue weighted by Gasteiger charge is -1.96. The van der Waals surface area contributed by atoms with Gasteiger partial charge in [0.25, 0.3) is 0 Å². The summed E-state index contributed by atoms with van der Waals surface area (Å²) in [6.07, 6.45) is 0. The first-order chi connectivity index (χ1) is 7.86. The zero-order chi connectivity index (χ0) is 11.0. The molecule has 0 atom stereocenters. The van der Waals surface area contributed by atoms with Gasteiger partial charge in [-0.3, -0.25) is 4.99 Å². The Balaban J connectivity index is 2.08. The van der Waals surface area contributed by atoms with Crippen molar-refractivity contribution in [2.45, 2.75) is 0 Å². The Labute approximate surface area is 92.9 Å². The van der Waals surface area contributed by atoms with Crippen LogP contribution in [0.5, 0.6) is 5.75 Å². The predicted octanol–water partition coefficient (Wildman–Crippen LogP) is 1.79. The van der Waals surface area contributed by atoms with Crippen molar-refractivity contribution >= 4 is 16.8 Å². The van der Waals surface area contributed by atoms with Crippen LogP contribution in [0.1, 0.15) is 5.76 Å². The standard InChI is InChI=1S/C12H12N2O2/c1-15-9-2-3-10-8(6-9)7-11(16-10)12-13-4-5-14-12/h2-3,6-7H,4-5H2,1H3,(H,13,14). The van der Waals surface area contributed by atoms with Crippen LogP contribution in [-0.2, 0) is 0 Å². The number of nitrogens with one attached hydrogen (secondary N) is 1. The van der Waals surface area contributed by atoms with Gasteiger partial charge >= 0.3 is 0 Å². The number of hydrogen-bond acceptors (Lipinski definition) is 4. The molecular weight excluding hydrogens is 204 g/mol. The summed E-state index contributed by atoms with van der Waals surface area (Å²) >= 11 is 0. The monoisotopic (exact) mass is 216 g/mol. The highest BCUT2D eigenvalue weighted by molar-refractivity contribution is 6.00. The minimum absolute atomic E-state index is 0.792. The molecule has 2 aromatic rings. The molecule has 0 saturated heterocycles. The van der Waals surface area contributed by atoms with E-state index in [0.29, 0.717) is 0 Å². The van der Waals surface area contributed by atoms with Gasteiger partial charge < -0.3 is 14.5 Å². The SMILES string of the molecule is COc1ccc2oc(C3=NCCN3)cc2c1. The molecular formula is C12H12N2O2. The summed E-state index contributed by atoms with van der Waals surface area (Å²) in [6, 6.07) is 7.74. The molecule has 0 amide bonds. The Morgan fingerprint density at radius 3 is 3.06 bits per heavy atom. The van der Waals surface area contributed by atoms with E-state index < -0.39 is 0 Å². The fourth-order valence-corrected chi connectivity index (χ4v) is 1.83. The lowest BCUT2D eigenvalue weighted by molar-refractivity contribution is 0.415. The third-order valence-electron chi connectivity index (χ3n) is 2.63. The van der Waals surface area contributed by atoms with Gasteiger partial charge in [-0.25, -0.2) is 0 Å². The molecule has 1 aliphatic heterocycles. The average molecular weight is 216 g/mol. The minimum atomic E-state index is 0.792. The average Bonchev–Trinajstić information content (AvgIpc) is 2.96. The maximum atomic E-state index is 5.70. The van der Waals surface area contributed by atoms with E-state index in [-0.39, 0.29) is 0 Å². The molecule has 1 N–H and O–H groups in total. The van der Waals surface area contributed by atoms with E-state index in [1.807, 2.05) is 24.3 Å². The van der Waals surface area contributed by atoms with E-state index in [4.69, 9.17) is 9.15 Å². The summed E-state index contributed by atoms with van der Waals surface area (Å²) in [5, 5.41) is 4.22. The normalized spacial score (nSPS) is 14.9. The van der Waals surface area contributed by atoms with Crippen molar-refractivity contribution < 1.29 is 9.15 Å². The van der Waals surface area contributed by atoms with Crippen LogP contribution in [0.15, 0.2) is 33.7 Å². The number of amidine groups is 1. The Morgan fingerprint density at radius 2 is 2.31 bits per heavy atom. The van der Waals surface area contributed by atoms with Crippen molar-refractivity contribution in [2.24, 2.45) is 4.99 Å². The Hall–Kier alpha value is -1.97. The van der Waals surface area contributed by atoms with Gasteiger partial charge in [-0.15, -0.1) is 0 Å². The molecule has 0 aliphatic carbocycles. The van der Waals surface area contributed by atoms with Crippen molar-refractivity contribution in [3.63, 3.8) is 0 Å². The van der Waals surface area contributed by atoms with Crippen molar-refractivity contribution in [3.05, 3.63) is 30.0 Å². The van der Waals surface area contributed by atoms with Gasteiger partial charge in [0, 0.05) is 11.9 Å². The van der Waals surface area contributed by atoms with Gasteiger partial charge in [0.1, 0.15) is 11.3 Å². The molecule has 0 spiro atoms. The molecule has 1 aliphatic rings. The second-order valence-corrected chi connectivity index (χ2v) is 3.67. The molecule has 1 aromatic heterocycles. The molecule has 0 unspecified atom stereocenters. The Bertz CT molecular complexity index is 557. The summed E-state index contributed by atoms with van der Waals surface area (Å²) in [7, 11) is 1.66. The molecule has 0 radical (unpaired) electrons. The largest absolute Gasteiger partial charge is 0.497 e. The first-order valence-corrected chi connectivity index (χ1v) is 5.23. The molecule has 0 bridgehead atoms.